The fourth-order valence-corrected chi connectivity index (χ4v) is 3.39. The Balaban J connectivity index is 1.74. The first-order valence-electron chi connectivity index (χ1n) is 8.62. The zero-order chi connectivity index (χ0) is 18.0. The monoisotopic (exact) mass is 337 g/mol. The second kappa shape index (κ2) is 7.09. The van der Waals surface area contributed by atoms with Crippen LogP contribution < -0.4 is 5.32 Å². The third kappa shape index (κ3) is 3.73. The lowest BCUT2D eigenvalue weighted by atomic mass is 9.94. The van der Waals surface area contributed by atoms with Crippen molar-refractivity contribution in [1.82, 2.24) is 5.32 Å². The van der Waals surface area contributed by atoms with E-state index in [9.17, 15) is 14.7 Å². The predicted octanol–water partition coefficient (Wildman–Crippen LogP) is 3.68. The Morgan fingerprint density at radius 2 is 1.72 bits per heavy atom. The first-order chi connectivity index (χ1) is 12.0. The largest absolute Gasteiger partial charge is 0.481 e. The van der Waals surface area contributed by atoms with Gasteiger partial charge in [0.15, 0.2) is 0 Å². The number of aryl methyl sites for hydroxylation is 1. The first-order valence-corrected chi connectivity index (χ1v) is 8.62. The topological polar surface area (TPSA) is 66.4 Å². The molecule has 1 amide bonds. The van der Waals surface area contributed by atoms with Crippen LogP contribution in [0, 0.1) is 18.8 Å². The third-order valence-corrected chi connectivity index (χ3v) is 5.06. The number of hydrogen-bond donors (Lipinski definition) is 2. The van der Waals surface area contributed by atoms with Gasteiger partial charge in [0.05, 0.1) is 12.0 Å². The predicted molar refractivity (Wildman–Crippen MR) is 96.2 cm³/mol. The van der Waals surface area contributed by atoms with Gasteiger partial charge in [-0.1, -0.05) is 54.6 Å². The number of aliphatic carboxylic acids is 1. The van der Waals surface area contributed by atoms with Crippen molar-refractivity contribution in [2.45, 2.75) is 32.2 Å². The van der Waals surface area contributed by atoms with Crippen LogP contribution in [0.3, 0.4) is 0 Å². The molecule has 1 aliphatic rings. The SMILES string of the molecule is Cc1ccccc1C1CC1C(=O)NC(c1ccccc1)C(C)C(=O)O. The van der Waals surface area contributed by atoms with Gasteiger partial charge in [-0.25, -0.2) is 0 Å². The van der Waals surface area contributed by atoms with Crippen LogP contribution >= 0.6 is 0 Å². The maximum atomic E-state index is 12.7. The van der Waals surface area contributed by atoms with Gasteiger partial charge in [-0.15, -0.1) is 0 Å². The minimum absolute atomic E-state index is 0.0600. The lowest BCUT2D eigenvalue weighted by Crippen LogP contribution is -2.36. The molecule has 4 atom stereocenters. The highest BCUT2D eigenvalue weighted by molar-refractivity contribution is 5.84. The summed E-state index contributed by atoms with van der Waals surface area (Å²) in [5, 5.41) is 12.4. The quantitative estimate of drug-likeness (QED) is 0.845. The number of carbonyl (C=O) groups excluding carboxylic acids is 1. The fourth-order valence-electron chi connectivity index (χ4n) is 3.39. The molecule has 4 nitrogen and oxygen atoms in total. The molecular weight excluding hydrogens is 314 g/mol. The number of carboxylic acid groups (broad SMARTS) is 1. The molecule has 1 fully saturated rings. The lowest BCUT2D eigenvalue weighted by Gasteiger charge is -2.23. The van der Waals surface area contributed by atoms with Crippen LogP contribution in [0.1, 0.15) is 42.0 Å². The van der Waals surface area contributed by atoms with Crippen LogP contribution in [0.4, 0.5) is 0 Å². The molecule has 0 saturated heterocycles. The minimum Gasteiger partial charge on any atom is -0.481 e. The molecule has 1 aliphatic carbocycles. The van der Waals surface area contributed by atoms with Crippen molar-refractivity contribution in [3.63, 3.8) is 0 Å². The van der Waals surface area contributed by atoms with Gasteiger partial charge in [-0.05, 0) is 42.9 Å². The fraction of sp³-hybridized carbons (Fsp3) is 0.333. The zero-order valence-electron chi connectivity index (χ0n) is 14.5. The van der Waals surface area contributed by atoms with Gasteiger partial charge >= 0.3 is 5.97 Å². The molecule has 0 aliphatic heterocycles. The summed E-state index contributed by atoms with van der Waals surface area (Å²) < 4.78 is 0. The number of carboxylic acids is 1. The van der Waals surface area contributed by atoms with Crippen LogP contribution in [0.5, 0.6) is 0 Å². The summed E-state index contributed by atoms with van der Waals surface area (Å²) in [6.07, 6.45) is 0.819. The number of hydrogen-bond acceptors (Lipinski definition) is 2. The molecule has 0 radical (unpaired) electrons. The Kier molecular flexibility index (Phi) is 4.88. The molecular formula is C21H23NO3. The van der Waals surface area contributed by atoms with Crippen molar-refractivity contribution < 1.29 is 14.7 Å². The average molecular weight is 337 g/mol. The Morgan fingerprint density at radius 3 is 2.36 bits per heavy atom. The summed E-state index contributed by atoms with van der Waals surface area (Å²) in [5.74, 6) is -1.51. The summed E-state index contributed by atoms with van der Waals surface area (Å²) in [4.78, 5) is 24.2. The van der Waals surface area contributed by atoms with Gasteiger partial charge < -0.3 is 10.4 Å². The van der Waals surface area contributed by atoms with Gasteiger partial charge in [0.1, 0.15) is 0 Å². The molecule has 4 heteroatoms. The zero-order valence-corrected chi connectivity index (χ0v) is 14.5. The molecule has 130 valence electrons. The smallest absolute Gasteiger partial charge is 0.308 e. The normalized spacial score (nSPS) is 21.2. The average Bonchev–Trinajstić information content (AvgIpc) is 3.40. The Hall–Kier alpha value is -2.62. The van der Waals surface area contributed by atoms with Gasteiger partial charge in [-0.2, -0.15) is 0 Å². The summed E-state index contributed by atoms with van der Waals surface area (Å²) in [6.45, 7) is 3.69. The molecule has 2 aromatic carbocycles. The van der Waals surface area contributed by atoms with Gasteiger partial charge in [0.2, 0.25) is 5.91 Å². The van der Waals surface area contributed by atoms with E-state index in [4.69, 9.17) is 0 Å². The standard InChI is InChI=1S/C21H23NO3/c1-13-8-6-7-11-16(13)17-12-18(17)20(23)22-19(14(2)21(24)25)15-9-4-3-5-10-15/h3-11,14,17-19H,12H2,1-2H3,(H,22,23)(H,24,25). The molecule has 25 heavy (non-hydrogen) atoms. The molecule has 0 heterocycles. The van der Waals surface area contributed by atoms with E-state index < -0.39 is 17.9 Å². The molecule has 0 bridgehead atoms. The van der Waals surface area contributed by atoms with E-state index >= 15 is 0 Å². The molecule has 2 aromatic rings. The van der Waals surface area contributed by atoms with Gasteiger partial charge in [0.25, 0.3) is 0 Å². The Morgan fingerprint density at radius 1 is 1.08 bits per heavy atom. The van der Waals surface area contributed by atoms with Crippen LogP contribution in [-0.4, -0.2) is 17.0 Å². The lowest BCUT2D eigenvalue weighted by molar-refractivity contribution is -0.142. The summed E-state index contributed by atoms with van der Waals surface area (Å²) in [7, 11) is 0. The van der Waals surface area contributed by atoms with E-state index in [0.717, 1.165) is 12.0 Å². The van der Waals surface area contributed by atoms with E-state index in [1.54, 1.807) is 6.92 Å². The number of carbonyl (C=O) groups is 2. The maximum Gasteiger partial charge on any atom is 0.308 e. The van der Waals surface area contributed by atoms with E-state index in [0.29, 0.717) is 0 Å². The van der Waals surface area contributed by atoms with Crippen LogP contribution in [0.15, 0.2) is 54.6 Å². The van der Waals surface area contributed by atoms with Crippen LogP contribution in [-0.2, 0) is 9.59 Å². The van der Waals surface area contributed by atoms with Crippen molar-refractivity contribution in [1.29, 1.82) is 0 Å². The molecule has 1 saturated carbocycles. The molecule has 3 rings (SSSR count). The number of benzene rings is 2. The Bertz CT molecular complexity index is 772. The highest BCUT2D eigenvalue weighted by Crippen LogP contribution is 2.48. The number of rotatable bonds is 6. The second-order valence-corrected chi connectivity index (χ2v) is 6.83. The highest BCUT2D eigenvalue weighted by Gasteiger charge is 2.45. The second-order valence-electron chi connectivity index (χ2n) is 6.83. The maximum absolute atomic E-state index is 12.7. The summed E-state index contributed by atoms with van der Waals surface area (Å²) in [5.41, 5.74) is 3.23. The molecule has 0 spiro atoms. The van der Waals surface area contributed by atoms with E-state index in [2.05, 4.69) is 24.4 Å². The number of amides is 1. The van der Waals surface area contributed by atoms with Gasteiger partial charge in [-0.3, -0.25) is 9.59 Å². The summed E-state index contributed by atoms with van der Waals surface area (Å²) in [6, 6.07) is 16.9. The van der Waals surface area contributed by atoms with E-state index in [1.807, 2.05) is 42.5 Å². The van der Waals surface area contributed by atoms with Crippen molar-refractivity contribution in [3.05, 3.63) is 71.3 Å². The number of nitrogens with one attached hydrogen (secondary N) is 1. The molecule has 2 N–H and O–H groups in total. The van der Waals surface area contributed by atoms with Crippen molar-refractivity contribution in [2.24, 2.45) is 11.8 Å². The van der Waals surface area contributed by atoms with Crippen LogP contribution in [0.25, 0.3) is 0 Å². The minimum atomic E-state index is -0.916. The third-order valence-electron chi connectivity index (χ3n) is 5.06. The summed E-state index contributed by atoms with van der Waals surface area (Å²) >= 11 is 0. The highest BCUT2D eigenvalue weighted by atomic mass is 16.4. The van der Waals surface area contributed by atoms with E-state index in [-0.39, 0.29) is 17.7 Å². The molecule has 4 unspecified atom stereocenters. The van der Waals surface area contributed by atoms with E-state index in [1.165, 1.54) is 11.1 Å². The van der Waals surface area contributed by atoms with Crippen molar-refractivity contribution in [3.8, 4) is 0 Å². The Labute approximate surface area is 147 Å². The van der Waals surface area contributed by atoms with Crippen molar-refractivity contribution in [2.75, 3.05) is 0 Å². The molecule has 0 aromatic heterocycles. The van der Waals surface area contributed by atoms with Crippen LogP contribution in [0.2, 0.25) is 0 Å². The van der Waals surface area contributed by atoms with Crippen molar-refractivity contribution >= 4 is 11.9 Å². The van der Waals surface area contributed by atoms with Gasteiger partial charge in [0, 0.05) is 5.92 Å². The first kappa shape index (κ1) is 17.2.